The summed E-state index contributed by atoms with van der Waals surface area (Å²) in [6.45, 7) is 0.817. The molecule has 8 nitrogen and oxygen atoms in total. The number of H-pyrrole nitrogens is 1. The van der Waals surface area contributed by atoms with Crippen molar-refractivity contribution >= 4 is 34.5 Å². The van der Waals surface area contributed by atoms with Gasteiger partial charge in [-0.1, -0.05) is 17.7 Å². The number of fused-ring (bicyclic) bond motifs is 1. The monoisotopic (exact) mass is 331 g/mol. The van der Waals surface area contributed by atoms with Gasteiger partial charge in [0.15, 0.2) is 10.8 Å². The quantitative estimate of drug-likeness (QED) is 0.722. The van der Waals surface area contributed by atoms with E-state index in [4.69, 9.17) is 16.3 Å². The Morgan fingerprint density at radius 3 is 2.83 bits per heavy atom. The van der Waals surface area contributed by atoms with Crippen molar-refractivity contribution in [3.05, 3.63) is 46.2 Å². The fourth-order valence-electron chi connectivity index (χ4n) is 2.56. The molecule has 9 heteroatoms. The van der Waals surface area contributed by atoms with Gasteiger partial charge >= 0.3 is 11.8 Å². The third-order valence-corrected chi connectivity index (χ3v) is 3.87. The molecule has 3 aromatic rings. The molecule has 0 unspecified atom stereocenters. The fraction of sp³-hybridized carbons (Fsp3) is 0.143. The molecule has 3 heterocycles. The Labute approximate surface area is 134 Å². The molecule has 0 saturated carbocycles. The van der Waals surface area contributed by atoms with E-state index in [1.165, 1.54) is 15.8 Å². The SMILES string of the molecule is O=C1OCCN1c1cccc(-n2c(=O)[nH]c3c(Cl)ncnc32)c1. The minimum Gasteiger partial charge on any atom is -0.447 e. The first-order valence-corrected chi connectivity index (χ1v) is 7.19. The number of rotatable bonds is 2. The van der Waals surface area contributed by atoms with E-state index in [0.29, 0.717) is 35.7 Å². The summed E-state index contributed by atoms with van der Waals surface area (Å²) in [5.41, 5.74) is 1.56. The number of amides is 1. The Morgan fingerprint density at radius 2 is 2.04 bits per heavy atom. The van der Waals surface area contributed by atoms with E-state index < -0.39 is 6.09 Å². The van der Waals surface area contributed by atoms with E-state index in [-0.39, 0.29) is 10.8 Å². The zero-order valence-corrected chi connectivity index (χ0v) is 12.4. The van der Waals surface area contributed by atoms with Crippen LogP contribution in [0.1, 0.15) is 0 Å². The lowest BCUT2D eigenvalue weighted by molar-refractivity contribution is 0.181. The number of ether oxygens (including phenoxy) is 1. The fourth-order valence-corrected chi connectivity index (χ4v) is 2.73. The molecule has 4 rings (SSSR count). The molecule has 116 valence electrons. The van der Waals surface area contributed by atoms with Gasteiger partial charge in [-0.25, -0.2) is 24.1 Å². The van der Waals surface area contributed by atoms with Crippen LogP contribution in [0.3, 0.4) is 0 Å². The van der Waals surface area contributed by atoms with Gasteiger partial charge in [0.1, 0.15) is 18.5 Å². The second kappa shape index (κ2) is 5.10. The van der Waals surface area contributed by atoms with Crippen LogP contribution >= 0.6 is 11.6 Å². The second-order valence-corrected chi connectivity index (χ2v) is 5.27. The largest absolute Gasteiger partial charge is 0.447 e. The van der Waals surface area contributed by atoms with E-state index >= 15 is 0 Å². The number of hydrogen-bond acceptors (Lipinski definition) is 5. The average Bonchev–Trinajstić information content (AvgIpc) is 3.11. The number of hydrogen-bond donors (Lipinski definition) is 1. The van der Waals surface area contributed by atoms with Crippen LogP contribution in [-0.2, 0) is 4.74 Å². The van der Waals surface area contributed by atoms with E-state index in [1.54, 1.807) is 24.3 Å². The standard InChI is InChI=1S/C14H10ClN5O3/c15-11-10-12(17-7-16-11)20(13(21)18-10)9-3-1-2-8(6-9)19-4-5-23-14(19)22/h1-3,6-7H,4-5H2,(H,18,21). The van der Waals surface area contributed by atoms with Gasteiger partial charge in [0.05, 0.1) is 12.2 Å². The van der Waals surface area contributed by atoms with Crippen molar-refractivity contribution in [1.82, 2.24) is 19.5 Å². The normalized spacial score (nSPS) is 14.5. The number of nitrogens with zero attached hydrogens (tertiary/aromatic N) is 4. The zero-order valence-electron chi connectivity index (χ0n) is 11.7. The Kier molecular flexibility index (Phi) is 3.05. The number of imidazole rings is 1. The van der Waals surface area contributed by atoms with Crippen molar-refractivity contribution in [2.75, 3.05) is 18.1 Å². The van der Waals surface area contributed by atoms with Crippen LogP contribution in [0.4, 0.5) is 10.5 Å². The highest BCUT2D eigenvalue weighted by atomic mass is 35.5. The summed E-state index contributed by atoms with van der Waals surface area (Å²) in [5.74, 6) is 0. The Bertz CT molecular complexity index is 980. The number of aromatic amines is 1. The maximum absolute atomic E-state index is 12.3. The molecule has 1 fully saturated rings. The molecule has 1 saturated heterocycles. The molecule has 2 aromatic heterocycles. The van der Waals surface area contributed by atoms with Gasteiger partial charge in [-0.2, -0.15) is 0 Å². The number of anilines is 1. The molecule has 0 spiro atoms. The van der Waals surface area contributed by atoms with E-state index in [2.05, 4.69) is 15.0 Å². The van der Waals surface area contributed by atoms with Crippen molar-refractivity contribution < 1.29 is 9.53 Å². The third kappa shape index (κ3) is 2.15. The summed E-state index contributed by atoms with van der Waals surface area (Å²) in [7, 11) is 0. The number of carbonyl (C=O) groups is 1. The minimum absolute atomic E-state index is 0.171. The first kappa shape index (κ1) is 13.8. The highest BCUT2D eigenvalue weighted by molar-refractivity contribution is 6.33. The van der Waals surface area contributed by atoms with Crippen molar-refractivity contribution in [3.63, 3.8) is 0 Å². The van der Waals surface area contributed by atoms with Crippen molar-refractivity contribution in [2.24, 2.45) is 0 Å². The van der Waals surface area contributed by atoms with Gasteiger partial charge in [-0.05, 0) is 18.2 Å². The Morgan fingerprint density at radius 1 is 1.22 bits per heavy atom. The summed E-state index contributed by atoms with van der Waals surface area (Å²) >= 11 is 5.98. The Balaban J connectivity index is 1.89. The van der Waals surface area contributed by atoms with Crippen LogP contribution in [0.15, 0.2) is 35.4 Å². The molecule has 23 heavy (non-hydrogen) atoms. The van der Waals surface area contributed by atoms with E-state index in [0.717, 1.165) is 0 Å². The highest BCUT2D eigenvalue weighted by Crippen LogP contribution is 2.23. The third-order valence-electron chi connectivity index (χ3n) is 3.59. The summed E-state index contributed by atoms with van der Waals surface area (Å²) < 4.78 is 6.32. The van der Waals surface area contributed by atoms with Crippen LogP contribution in [-0.4, -0.2) is 38.8 Å². The summed E-state index contributed by atoms with van der Waals surface area (Å²) in [5, 5.41) is 0.171. The molecular formula is C14H10ClN5O3. The summed E-state index contributed by atoms with van der Waals surface area (Å²) in [4.78, 5) is 36.1. The molecule has 1 aliphatic heterocycles. The maximum Gasteiger partial charge on any atom is 0.414 e. The molecule has 0 atom stereocenters. The molecule has 0 aliphatic carbocycles. The Hall–Kier alpha value is -2.87. The lowest BCUT2D eigenvalue weighted by Gasteiger charge is -2.14. The van der Waals surface area contributed by atoms with Crippen LogP contribution in [0.2, 0.25) is 5.15 Å². The number of halogens is 1. The van der Waals surface area contributed by atoms with Gasteiger partial charge in [0, 0.05) is 5.69 Å². The van der Waals surface area contributed by atoms with Gasteiger partial charge in [-0.15, -0.1) is 0 Å². The summed E-state index contributed by atoms with van der Waals surface area (Å²) in [6.07, 6.45) is 0.884. The second-order valence-electron chi connectivity index (χ2n) is 4.91. The molecule has 0 bridgehead atoms. The zero-order chi connectivity index (χ0) is 16.0. The molecule has 0 radical (unpaired) electrons. The first-order chi connectivity index (χ1) is 11.1. The van der Waals surface area contributed by atoms with Gasteiger partial charge < -0.3 is 9.72 Å². The minimum atomic E-state index is -0.404. The van der Waals surface area contributed by atoms with Gasteiger partial charge in [0.25, 0.3) is 0 Å². The smallest absolute Gasteiger partial charge is 0.414 e. The van der Waals surface area contributed by atoms with Crippen molar-refractivity contribution in [3.8, 4) is 5.69 Å². The molecular weight excluding hydrogens is 322 g/mol. The summed E-state index contributed by atoms with van der Waals surface area (Å²) in [6, 6.07) is 7.00. The lowest BCUT2D eigenvalue weighted by atomic mass is 10.2. The molecule has 1 N–H and O–H groups in total. The maximum atomic E-state index is 12.3. The number of cyclic esters (lactones) is 1. The van der Waals surface area contributed by atoms with Crippen molar-refractivity contribution in [2.45, 2.75) is 0 Å². The van der Waals surface area contributed by atoms with Crippen LogP contribution in [0.5, 0.6) is 0 Å². The highest BCUT2D eigenvalue weighted by Gasteiger charge is 2.24. The number of carbonyl (C=O) groups excluding carboxylic acids is 1. The topological polar surface area (TPSA) is 93.1 Å². The molecule has 1 amide bonds. The predicted octanol–water partition coefficient (Wildman–Crippen LogP) is 1.72. The van der Waals surface area contributed by atoms with Crippen LogP contribution in [0, 0.1) is 0 Å². The first-order valence-electron chi connectivity index (χ1n) is 6.81. The van der Waals surface area contributed by atoms with Gasteiger partial charge in [0.2, 0.25) is 0 Å². The number of aromatic nitrogens is 4. The predicted molar refractivity (Wildman–Crippen MR) is 83.2 cm³/mol. The van der Waals surface area contributed by atoms with E-state index in [9.17, 15) is 9.59 Å². The van der Waals surface area contributed by atoms with Gasteiger partial charge in [-0.3, -0.25) is 4.90 Å². The molecule has 1 aliphatic rings. The van der Waals surface area contributed by atoms with Crippen LogP contribution < -0.4 is 10.6 Å². The number of benzene rings is 1. The average molecular weight is 332 g/mol. The van der Waals surface area contributed by atoms with Crippen LogP contribution in [0.25, 0.3) is 16.9 Å². The number of nitrogens with one attached hydrogen (secondary N) is 1. The van der Waals surface area contributed by atoms with Crippen molar-refractivity contribution in [1.29, 1.82) is 0 Å². The van der Waals surface area contributed by atoms with E-state index in [1.807, 2.05) is 0 Å². The lowest BCUT2D eigenvalue weighted by Crippen LogP contribution is -2.23. The molecule has 1 aromatic carbocycles.